The van der Waals surface area contributed by atoms with Gasteiger partial charge in [0, 0.05) is 6.42 Å². The molecular weight excluding hydrogens is 184 g/mol. The molecule has 0 aliphatic carbocycles. The zero-order chi connectivity index (χ0) is 9.94. The molecule has 0 fully saturated rings. The summed E-state index contributed by atoms with van der Waals surface area (Å²) in [6.45, 7) is 2.20. The largest absolute Gasteiger partial charge is 0.294 e. The van der Waals surface area contributed by atoms with Crippen LogP contribution < -0.4 is 11.3 Å². The number of hydrazine groups is 1. The number of carbonyl (C=O) groups is 1. The van der Waals surface area contributed by atoms with E-state index in [4.69, 9.17) is 5.84 Å². The van der Waals surface area contributed by atoms with E-state index in [1.807, 2.05) is 11.8 Å². The van der Waals surface area contributed by atoms with Gasteiger partial charge in [0.15, 0.2) is 0 Å². The van der Waals surface area contributed by atoms with Crippen LogP contribution in [0.1, 0.15) is 39.0 Å². The molecule has 0 unspecified atom stereocenters. The van der Waals surface area contributed by atoms with Crippen molar-refractivity contribution >= 4 is 17.7 Å². The Hall–Kier alpha value is -0.220. The van der Waals surface area contributed by atoms with Gasteiger partial charge in [0.25, 0.3) is 0 Å². The molecule has 78 valence electrons. The van der Waals surface area contributed by atoms with E-state index in [2.05, 4.69) is 12.3 Å². The number of unbranched alkanes of at least 4 members (excludes halogenated alkanes) is 2. The summed E-state index contributed by atoms with van der Waals surface area (Å²) in [4.78, 5) is 10.7. The fraction of sp³-hybridized carbons (Fsp3) is 0.889. The topological polar surface area (TPSA) is 55.1 Å². The summed E-state index contributed by atoms with van der Waals surface area (Å²) in [5.74, 6) is 7.30. The van der Waals surface area contributed by atoms with Gasteiger partial charge in [-0.2, -0.15) is 11.8 Å². The molecule has 0 bridgehead atoms. The first-order valence-corrected chi connectivity index (χ1v) is 6.04. The van der Waals surface area contributed by atoms with Gasteiger partial charge in [-0.15, -0.1) is 0 Å². The average molecular weight is 204 g/mol. The lowest BCUT2D eigenvalue weighted by atomic mass is 10.2. The number of nitrogens with one attached hydrogen (secondary N) is 1. The van der Waals surface area contributed by atoms with E-state index in [9.17, 15) is 4.79 Å². The maximum absolute atomic E-state index is 10.7. The van der Waals surface area contributed by atoms with Crippen LogP contribution >= 0.6 is 11.8 Å². The first-order chi connectivity index (χ1) is 6.31. The van der Waals surface area contributed by atoms with E-state index in [0.717, 1.165) is 18.6 Å². The number of nitrogens with two attached hydrogens (primary N) is 1. The first kappa shape index (κ1) is 12.8. The summed E-state index contributed by atoms with van der Waals surface area (Å²) >= 11 is 1.97. The predicted octanol–water partition coefficient (Wildman–Crippen LogP) is 1.68. The molecule has 0 spiro atoms. The zero-order valence-corrected chi connectivity index (χ0v) is 9.16. The Morgan fingerprint density at radius 3 is 2.62 bits per heavy atom. The Morgan fingerprint density at radius 1 is 1.31 bits per heavy atom. The first-order valence-electron chi connectivity index (χ1n) is 4.88. The lowest BCUT2D eigenvalue weighted by Crippen LogP contribution is -2.29. The Morgan fingerprint density at radius 2 is 2.00 bits per heavy atom. The van der Waals surface area contributed by atoms with Crippen LogP contribution in [0.15, 0.2) is 0 Å². The number of thioether (sulfide) groups is 1. The molecule has 0 aliphatic heterocycles. The number of rotatable bonds is 8. The molecule has 0 heterocycles. The van der Waals surface area contributed by atoms with Crippen molar-refractivity contribution in [2.75, 3.05) is 11.5 Å². The Kier molecular flexibility index (Phi) is 9.70. The van der Waals surface area contributed by atoms with E-state index in [1.165, 1.54) is 18.6 Å². The standard InChI is InChI=1S/C9H20N2OS/c1-2-3-7-13-8-5-4-6-9(12)11-10/h2-8,10H2,1H3,(H,11,12). The van der Waals surface area contributed by atoms with Crippen LogP contribution in [0.5, 0.6) is 0 Å². The van der Waals surface area contributed by atoms with Crippen LogP contribution in [0, 0.1) is 0 Å². The van der Waals surface area contributed by atoms with Crippen LogP contribution in [-0.4, -0.2) is 17.4 Å². The monoisotopic (exact) mass is 204 g/mol. The van der Waals surface area contributed by atoms with Crippen molar-refractivity contribution in [2.24, 2.45) is 5.84 Å². The lowest BCUT2D eigenvalue weighted by molar-refractivity contribution is -0.121. The summed E-state index contributed by atoms with van der Waals surface area (Å²) in [5.41, 5.74) is 2.13. The molecular formula is C9H20N2OS. The van der Waals surface area contributed by atoms with Gasteiger partial charge in [0.2, 0.25) is 5.91 Å². The molecule has 0 aliphatic rings. The van der Waals surface area contributed by atoms with Gasteiger partial charge < -0.3 is 0 Å². The van der Waals surface area contributed by atoms with Crippen LogP contribution in [0.4, 0.5) is 0 Å². The van der Waals surface area contributed by atoms with Crippen molar-refractivity contribution in [1.82, 2.24) is 5.43 Å². The van der Waals surface area contributed by atoms with Crippen molar-refractivity contribution in [3.8, 4) is 0 Å². The smallest absolute Gasteiger partial charge is 0.233 e. The van der Waals surface area contributed by atoms with Gasteiger partial charge in [-0.25, -0.2) is 5.84 Å². The van der Waals surface area contributed by atoms with Crippen LogP contribution in [0.25, 0.3) is 0 Å². The Balaban J connectivity index is 2.95. The number of amides is 1. The second-order valence-corrected chi connectivity index (χ2v) is 4.22. The van der Waals surface area contributed by atoms with Gasteiger partial charge in [-0.3, -0.25) is 10.2 Å². The molecule has 0 aromatic heterocycles. The fourth-order valence-electron chi connectivity index (χ4n) is 0.910. The van der Waals surface area contributed by atoms with Gasteiger partial charge in [0.05, 0.1) is 0 Å². The van der Waals surface area contributed by atoms with Crippen molar-refractivity contribution in [3.63, 3.8) is 0 Å². The highest BCUT2D eigenvalue weighted by molar-refractivity contribution is 7.99. The molecule has 0 rings (SSSR count). The second-order valence-electron chi connectivity index (χ2n) is 2.99. The number of hydrogen-bond donors (Lipinski definition) is 2. The van der Waals surface area contributed by atoms with Crippen LogP contribution in [-0.2, 0) is 4.79 Å². The predicted molar refractivity (Wildman–Crippen MR) is 58.4 cm³/mol. The molecule has 0 aromatic carbocycles. The van der Waals surface area contributed by atoms with E-state index >= 15 is 0 Å². The molecule has 0 atom stereocenters. The number of hydrogen-bond acceptors (Lipinski definition) is 3. The van der Waals surface area contributed by atoms with Crippen molar-refractivity contribution in [3.05, 3.63) is 0 Å². The molecule has 1 amide bonds. The third-order valence-electron chi connectivity index (χ3n) is 1.75. The van der Waals surface area contributed by atoms with Crippen LogP contribution in [0.3, 0.4) is 0 Å². The maximum atomic E-state index is 10.7. The third-order valence-corrected chi connectivity index (χ3v) is 2.90. The minimum atomic E-state index is -0.0569. The highest BCUT2D eigenvalue weighted by Crippen LogP contribution is 2.08. The van der Waals surface area contributed by atoms with Gasteiger partial charge in [-0.1, -0.05) is 13.3 Å². The number of carbonyl (C=O) groups excluding carboxylic acids is 1. The molecule has 3 N–H and O–H groups in total. The Labute approximate surface area is 84.8 Å². The summed E-state index contributed by atoms with van der Waals surface area (Å²) in [7, 11) is 0. The minimum Gasteiger partial charge on any atom is -0.294 e. The average Bonchev–Trinajstić information content (AvgIpc) is 2.16. The molecule has 0 saturated carbocycles. The van der Waals surface area contributed by atoms with E-state index in [0.29, 0.717) is 6.42 Å². The SMILES string of the molecule is CCCCSCCCCC(=O)NN. The van der Waals surface area contributed by atoms with Gasteiger partial charge >= 0.3 is 0 Å². The molecule has 0 aromatic rings. The molecule has 13 heavy (non-hydrogen) atoms. The van der Waals surface area contributed by atoms with Gasteiger partial charge in [0.1, 0.15) is 0 Å². The van der Waals surface area contributed by atoms with E-state index in [-0.39, 0.29) is 5.91 Å². The van der Waals surface area contributed by atoms with E-state index < -0.39 is 0 Å². The minimum absolute atomic E-state index is 0.0569. The summed E-state index contributed by atoms with van der Waals surface area (Å²) in [6, 6.07) is 0. The maximum Gasteiger partial charge on any atom is 0.233 e. The van der Waals surface area contributed by atoms with Crippen molar-refractivity contribution in [2.45, 2.75) is 39.0 Å². The van der Waals surface area contributed by atoms with Crippen molar-refractivity contribution in [1.29, 1.82) is 0 Å². The normalized spacial score (nSPS) is 10.0. The summed E-state index contributed by atoms with van der Waals surface area (Å²) in [5, 5.41) is 0. The van der Waals surface area contributed by atoms with Crippen LogP contribution in [0.2, 0.25) is 0 Å². The quantitative estimate of drug-likeness (QED) is 0.274. The summed E-state index contributed by atoms with van der Waals surface area (Å²) in [6.07, 6.45) is 5.19. The lowest BCUT2D eigenvalue weighted by Gasteiger charge is -2.00. The Bertz CT molecular complexity index is 131. The molecule has 0 radical (unpaired) electrons. The molecule has 4 heteroatoms. The van der Waals surface area contributed by atoms with Gasteiger partial charge in [-0.05, 0) is 30.8 Å². The third kappa shape index (κ3) is 9.70. The summed E-state index contributed by atoms with van der Waals surface area (Å²) < 4.78 is 0. The molecule has 0 saturated heterocycles. The van der Waals surface area contributed by atoms with Crippen molar-refractivity contribution < 1.29 is 4.79 Å². The fourth-order valence-corrected chi connectivity index (χ4v) is 2.02. The molecule has 3 nitrogen and oxygen atoms in total. The zero-order valence-electron chi connectivity index (χ0n) is 8.34. The highest BCUT2D eigenvalue weighted by Gasteiger charge is 1.97. The highest BCUT2D eigenvalue weighted by atomic mass is 32.2. The second kappa shape index (κ2) is 9.86. The van der Waals surface area contributed by atoms with E-state index in [1.54, 1.807) is 0 Å².